The minimum Gasteiger partial charge on any atom is -0.485 e. The van der Waals surface area contributed by atoms with E-state index >= 15 is 0 Å². The van der Waals surface area contributed by atoms with Crippen LogP contribution in [0.2, 0.25) is 0 Å². The van der Waals surface area contributed by atoms with Gasteiger partial charge in [0.25, 0.3) is 0 Å². The lowest BCUT2D eigenvalue weighted by Crippen LogP contribution is -2.35. The van der Waals surface area contributed by atoms with Crippen molar-refractivity contribution in [1.82, 2.24) is 5.32 Å². The van der Waals surface area contributed by atoms with E-state index in [1.54, 1.807) is 0 Å². The molecule has 6 heteroatoms. The third-order valence-electron chi connectivity index (χ3n) is 2.51. The molecule has 4 nitrogen and oxygen atoms in total. The molecule has 0 radical (unpaired) electrons. The molecule has 3 N–H and O–H groups in total. The molecule has 0 amide bonds. The Kier molecular flexibility index (Phi) is 5.86. The Hall–Kier alpha value is -1.24. The molecule has 0 heterocycles. The van der Waals surface area contributed by atoms with Gasteiger partial charge in [0.05, 0.1) is 6.61 Å². The smallest absolute Gasteiger partial charge is 0.190 e. The first-order valence-electron chi connectivity index (χ1n) is 6.37. The van der Waals surface area contributed by atoms with Gasteiger partial charge in [-0.05, 0) is 38.5 Å². The van der Waals surface area contributed by atoms with Crippen molar-refractivity contribution in [2.45, 2.75) is 39.0 Å². The zero-order valence-corrected chi connectivity index (χ0v) is 11.9. The Morgan fingerprint density at radius 2 is 1.80 bits per heavy atom. The van der Waals surface area contributed by atoms with Crippen LogP contribution in [0.15, 0.2) is 12.1 Å². The van der Waals surface area contributed by atoms with Crippen molar-refractivity contribution in [2.24, 2.45) is 0 Å². The van der Waals surface area contributed by atoms with Gasteiger partial charge in [0.1, 0.15) is 12.7 Å². The van der Waals surface area contributed by atoms with Crippen LogP contribution in [0, 0.1) is 11.6 Å². The van der Waals surface area contributed by atoms with Crippen molar-refractivity contribution in [2.75, 3.05) is 13.2 Å². The highest BCUT2D eigenvalue weighted by Crippen LogP contribution is 2.23. The summed E-state index contributed by atoms with van der Waals surface area (Å²) in [6.07, 6.45) is -1.17. The molecule has 0 fully saturated rings. The van der Waals surface area contributed by atoms with Gasteiger partial charge >= 0.3 is 0 Å². The second-order valence-electron chi connectivity index (χ2n) is 5.64. The SMILES string of the molecule is CC(C)(C)NCc1cc(F)c(OCC(O)CO)c(F)c1. The maximum atomic E-state index is 13.7. The van der Waals surface area contributed by atoms with Crippen LogP contribution in [0.1, 0.15) is 26.3 Å². The summed E-state index contributed by atoms with van der Waals surface area (Å²) in [7, 11) is 0. The van der Waals surface area contributed by atoms with Gasteiger partial charge in [-0.25, -0.2) is 8.78 Å². The average Bonchev–Trinajstić information content (AvgIpc) is 2.34. The number of nitrogens with one attached hydrogen (secondary N) is 1. The van der Waals surface area contributed by atoms with Crippen molar-refractivity contribution in [3.05, 3.63) is 29.3 Å². The maximum absolute atomic E-state index is 13.7. The molecule has 0 aliphatic heterocycles. The summed E-state index contributed by atoms with van der Waals surface area (Å²) in [6, 6.07) is 2.37. The molecule has 0 aromatic heterocycles. The summed E-state index contributed by atoms with van der Waals surface area (Å²) < 4.78 is 32.3. The van der Waals surface area contributed by atoms with E-state index in [0.717, 1.165) is 0 Å². The highest BCUT2D eigenvalue weighted by atomic mass is 19.1. The molecule has 1 aromatic carbocycles. The van der Waals surface area contributed by atoms with Gasteiger partial charge in [-0.3, -0.25) is 0 Å². The normalized spacial score (nSPS) is 13.3. The number of rotatable bonds is 6. The van der Waals surface area contributed by atoms with E-state index in [0.29, 0.717) is 12.1 Å². The Bertz CT molecular complexity index is 424. The maximum Gasteiger partial charge on any atom is 0.190 e. The second kappa shape index (κ2) is 6.97. The summed E-state index contributed by atoms with van der Waals surface area (Å²) in [5, 5.41) is 20.8. The van der Waals surface area contributed by atoms with Gasteiger partial charge in [0.15, 0.2) is 17.4 Å². The van der Waals surface area contributed by atoms with Gasteiger partial charge in [-0.15, -0.1) is 0 Å². The van der Waals surface area contributed by atoms with Gasteiger partial charge < -0.3 is 20.3 Å². The van der Waals surface area contributed by atoms with Crippen molar-refractivity contribution >= 4 is 0 Å². The van der Waals surface area contributed by atoms with Crippen LogP contribution >= 0.6 is 0 Å². The fourth-order valence-corrected chi connectivity index (χ4v) is 1.45. The van der Waals surface area contributed by atoms with Crippen LogP contribution in [0.4, 0.5) is 8.78 Å². The van der Waals surface area contributed by atoms with E-state index in [2.05, 4.69) is 5.32 Å². The summed E-state index contributed by atoms with van der Waals surface area (Å²) in [6.45, 7) is 5.28. The third-order valence-corrected chi connectivity index (χ3v) is 2.51. The molecule has 1 unspecified atom stereocenters. The Morgan fingerprint density at radius 1 is 1.25 bits per heavy atom. The quantitative estimate of drug-likeness (QED) is 0.744. The van der Waals surface area contributed by atoms with Crippen molar-refractivity contribution < 1.29 is 23.7 Å². The van der Waals surface area contributed by atoms with Crippen LogP contribution < -0.4 is 10.1 Å². The lowest BCUT2D eigenvalue weighted by molar-refractivity contribution is 0.0509. The molecule has 20 heavy (non-hydrogen) atoms. The van der Waals surface area contributed by atoms with Crippen LogP contribution in [0.3, 0.4) is 0 Å². The van der Waals surface area contributed by atoms with Gasteiger partial charge in [0.2, 0.25) is 0 Å². The molecule has 0 spiro atoms. The zero-order valence-electron chi connectivity index (χ0n) is 11.9. The minimum absolute atomic E-state index is 0.159. The van der Waals surface area contributed by atoms with Crippen LogP contribution in [0.5, 0.6) is 5.75 Å². The molecule has 0 saturated carbocycles. The van der Waals surface area contributed by atoms with Crippen LogP contribution in [-0.2, 0) is 6.54 Å². The number of ether oxygens (including phenoxy) is 1. The molecule has 1 atom stereocenters. The van der Waals surface area contributed by atoms with Crippen molar-refractivity contribution in [1.29, 1.82) is 0 Å². The molecule has 0 aliphatic rings. The van der Waals surface area contributed by atoms with E-state index in [4.69, 9.17) is 14.9 Å². The fraction of sp³-hybridized carbons (Fsp3) is 0.571. The first-order valence-corrected chi connectivity index (χ1v) is 6.37. The molecule has 0 bridgehead atoms. The molecule has 114 valence electrons. The second-order valence-corrected chi connectivity index (χ2v) is 5.64. The Balaban J connectivity index is 2.76. The molecular formula is C14H21F2NO3. The van der Waals surface area contributed by atoms with Crippen LogP contribution in [0.25, 0.3) is 0 Å². The van der Waals surface area contributed by atoms with Gasteiger partial charge in [0, 0.05) is 12.1 Å². The number of aliphatic hydroxyl groups excluding tert-OH is 2. The summed E-state index contributed by atoms with van der Waals surface area (Å²) in [5.41, 5.74) is 0.304. The summed E-state index contributed by atoms with van der Waals surface area (Å²) in [5.74, 6) is -2.21. The third kappa shape index (κ3) is 5.40. The van der Waals surface area contributed by atoms with Crippen molar-refractivity contribution in [3.8, 4) is 5.75 Å². The first kappa shape index (κ1) is 16.8. The molecular weight excluding hydrogens is 268 g/mol. The minimum atomic E-state index is -1.17. The van der Waals surface area contributed by atoms with Gasteiger partial charge in [-0.1, -0.05) is 0 Å². The molecule has 0 saturated heterocycles. The van der Waals surface area contributed by atoms with E-state index in [-0.39, 0.29) is 12.1 Å². The highest BCUT2D eigenvalue weighted by Gasteiger charge is 2.16. The number of hydrogen-bond acceptors (Lipinski definition) is 4. The predicted molar refractivity (Wildman–Crippen MR) is 71.5 cm³/mol. The highest BCUT2D eigenvalue weighted by molar-refractivity contribution is 5.31. The fourth-order valence-electron chi connectivity index (χ4n) is 1.45. The largest absolute Gasteiger partial charge is 0.485 e. The van der Waals surface area contributed by atoms with E-state index in [1.807, 2.05) is 20.8 Å². The van der Waals surface area contributed by atoms with Crippen LogP contribution in [-0.4, -0.2) is 35.1 Å². The lowest BCUT2D eigenvalue weighted by atomic mass is 10.1. The standard InChI is InChI=1S/C14H21F2NO3/c1-14(2,3)17-6-9-4-11(15)13(12(16)5-9)20-8-10(19)7-18/h4-5,10,17-19H,6-8H2,1-3H3. The van der Waals surface area contributed by atoms with E-state index in [9.17, 15) is 8.78 Å². The Labute approximate surface area is 117 Å². The number of hydrogen-bond donors (Lipinski definition) is 3. The zero-order chi connectivity index (χ0) is 15.3. The lowest BCUT2D eigenvalue weighted by Gasteiger charge is -2.21. The van der Waals surface area contributed by atoms with E-state index < -0.39 is 30.1 Å². The average molecular weight is 289 g/mol. The number of halogens is 2. The number of benzene rings is 1. The van der Waals surface area contributed by atoms with Crippen molar-refractivity contribution in [3.63, 3.8) is 0 Å². The predicted octanol–water partition coefficient (Wildman–Crippen LogP) is 1.58. The summed E-state index contributed by atoms with van der Waals surface area (Å²) in [4.78, 5) is 0. The monoisotopic (exact) mass is 289 g/mol. The van der Waals surface area contributed by atoms with E-state index in [1.165, 1.54) is 12.1 Å². The topological polar surface area (TPSA) is 61.7 Å². The molecule has 0 aliphatic carbocycles. The van der Waals surface area contributed by atoms with Gasteiger partial charge in [-0.2, -0.15) is 0 Å². The summed E-state index contributed by atoms with van der Waals surface area (Å²) >= 11 is 0. The first-order chi connectivity index (χ1) is 9.23. The number of aliphatic hydroxyl groups is 2. The molecule has 1 rings (SSSR count). The Morgan fingerprint density at radius 3 is 2.25 bits per heavy atom. The molecule has 1 aromatic rings.